The third-order valence-corrected chi connectivity index (χ3v) is 2.81. The number of esters is 1. The minimum absolute atomic E-state index is 0.164. The number of rotatable bonds is 4. The van der Waals surface area contributed by atoms with Gasteiger partial charge in [-0.1, -0.05) is 12.1 Å². The van der Waals surface area contributed by atoms with Gasteiger partial charge in [0.2, 0.25) is 0 Å². The van der Waals surface area contributed by atoms with Crippen LogP contribution in [0.15, 0.2) is 18.2 Å². The Morgan fingerprint density at radius 2 is 2.39 bits per heavy atom. The van der Waals surface area contributed by atoms with E-state index < -0.39 is 7.12 Å². The fourth-order valence-corrected chi connectivity index (χ4v) is 1.93. The zero-order chi connectivity index (χ0) is 13.1. The molecule has 0 amide bonds. The van der Waals surface area contributed by atoms with Crippen LogP contribution in [0.5, 0.6) is 5.75 Å². The molecule has 0 spiro atoms. The second-order valence-corrected chi connectivity index (χ2v) is 4.20. The van der Waals surface area contributed by atoms with E-state index in [-0.39, 0.29) is 18.5 Å². The van der Waals surface area contributed by atoms with E-state index >= 15 is 0 Å². The quantitative estimate of drug-likeness (QED) is 0.612. The van der Waals surface area contributed by atoms with Gasteiger partial charge in [-0.15, -0.1) is 0 Å². The molecule has 0 aromatic heterocycles. The van der Waals surface area contributed by atoms with Gasteiger partial charge in [0.05, 0.1) is 20.1 Å². The van der Waals surface area contributed by atoms with Crippen LogP contribution in [0.3, 0.4) is 0 Å². The number of benzene rings is 1. The lowest BCUT2D eigenvalue weighted by molar-refractivity contribution is -0.142. The molecule has 0 radical (unpaired) electrons. The van der Waals surface area contributed by atoms with Gasteiger partial charge in [-0.2, -0.15) is 0 Å². The summed E-state index contributed by atoms with van der Waals surface area (Å²) in [6.07, 6.45) is -0.159. The summed E-state index contributed by atoms with van der Waals surface area (Å²) >= 11 is 0. The van der Waals surface area contributed by atoms with Crippen LogP contribution >= 0.6 is 0 Å². The van der Waals surface area contributed by atoms with Gasteiger partial charge in [0, 0.05) is 5.46 Å². The zero-order valence-electron chi connectivity index (χ0n) is 10.4. The van der Waals surface area contributed by atoms with E-state index in [9.17, 15) is 9.82 Å². The van der Waals surface area contributed by atoms with Crippen LogP contribution in [0, 0.1) is 0 Å². The standard InChI is InChI=1S/C12H15BO5/c1-8(6-11(14)16-2)18-10-5-3-4-9-7-17-13(15)12(9)10/h3-5,8,15H,6-7H2,1-2H3. The first-order valence-electron chi connectivity index (χ1n) is 5.76. The first-order chi connectivity index (χ1) is 8.61. The van der Waals surface area contributed by atoms with Crippen molar-refractivity contribution in [2.75, 3.05) is 7.11 Å². The molecule has 6 heteroatoms. The summed E-state index contributed by atoms with van der Waals surface area (Å²) in [4.78, 5) is 11.1. The number of hydrogen-bond acceptors (Lipinski definition) is 5. The topological polar surface area (TPSA) is 65.0 Å². The maximum Gasteiger partial charge on any atom is 0.495 e. The SMILES string of the molecule is COC(=O)CC(C)Oc1cccc2c1B(O)OC2. The Balaban J connectivity index is 2.10. The Hall–Kier alpha value is -1.53. The first kappa shape index (κ1) is 12.9. The van der Waals surface area contributed by atoms with E-state index in [4.69, 9.17) is 9.39 Å². The van der Waals surface area contributed by atoms with Gasteiger partial charge in [0.15, 0.2) is 0 Å². The molecule has 1 heterocycles. The third kappa shape index (κ3) is 2.65. The van der Waals surface area contributed by atoms with E-state index in [0.717, 1.165) is 5.56 Å². The Morgan fingerprint density at radius 3 is 3.11 bits per heavy atom. The Labute approximate surface area is 106 Å². The summed E-state index contributed by atoms with van der Waals surface area (Å²) in [5.74, 6) is 0.223. The highest BCUT2D eigenvalue weighted by Gasteiger charge is 2.31. The molecule has 96 valence electrons. The molecule has 1 aliphatic heterocycles. The molecule has 0 saturated heterocycles. The Bertz CT molecular complexity index is 448. The highest BCUT2D eigenvalue weighted by atomic mass is 16.5. The van der Waals surface area contributed by atoms with Crippen molar-refractivity contribution in [1.82, 2.24) is 0 Å². The molecular formula is C12H15BO5. The summed E-state index contributed by atoms with van der Waals surface area (Å²) in [6, 6.07) is 5.47. The van der Waals surface area contributed by atoms with Crippen molar-refractivity contribution in [3.63, 3.8) is 0 Å². The smallest absolute Gasteiger partial charge is 0.490 e. The van der Waals surface area contributed by atoms with E-state index in [2.05, 4.69) is 4.74 Å². The molecule has 0 saturated carbocycles. The van der Waals surface area contributed by atoms with E-state index in [1.165, 1.54) is 7.11 Å². The number of methoxy groups -OCH3 is 1. The Kier molecular flexibility index (Phi) is 3.89. The van der Waals surface area contributed by atoms with Crippen molar-refractivity contribution in [2.24, 2.45) is 0 Å². The molecule has 1 atom stereocenters. The molecule has 1 aliphatic rings. The Morgan fingerprint density at radius 1 is 1.61 bits per heavy atom. The summed E-state index contributed by atoms with van der Waals surface area (Å²) in [7, 11) is 0.383. The molecular weight excluding hydrogens is 235 g/mol. The molecule has 1 aromatic carbocycles. The zero-order valence-corrected chi connectivity index (χ0v) is 10.4. The molecule has 0 bridgehead atoms. The molecule has 18 heavy (non-hydrogen) atoms. The van der Waals surface area contributed by atoms with Gasteiger partial charge in [-0.25, -0.2) is 0 Å². The van der Waals surface area contributed by atoms with Crippen molar-refractivity contribution in [1.29, 1.82) is 0 Å². The third-order valence-electron chi connectivity index (χ3n) is 2.81. The molecule has 2 rings (SSSR count). The van der Waals surface area contributed by atoms with Crippen LogP contribution in [0.4, 0.5) is 0 Å². The average molecular weight is 250 g/mol. The fourth-order valence-electron chi connectivity index (χ4n) is 1.93. The molecule has 1 unspecified atom stereocenters. The van der Waals surface area contributed by atoms with Crippen molar-refractivity contribution in [3.8, 4) is 5.75 Å². The van der Waals surface area contributed by atoms with Crippen molar-refractivity contribution in [2.45, 2.75) is 26.1 Å². The average Bonchev–Trinajstić information content (AvgIpc) is 2.72. The summed E-state index contributed by atoms with van der Waals surface area (Å²) in [5, 5.41) is 9.71. The van der Waals surface area contributed by atoms with Crippen LogP contribution in [0.1, 0.15) is 18.9 Å². The minimum Gasteiger partial charge on any atom is -0.490 e. The van der Waals surface area contributed by atoms with E-state index in [1.54, 1.807) is 13.0 Å². The number of fused-ring (bicyclic) bond motifs is 1. The van der Waals surface area contributed by atoms with Gasteiger partial charge >= 0.3 is 13.1 Å². The summed E-state index contributed by atoms with van der Waals surface area (Å²) < 4.78 is 15.4. The highest BCUT2D eigenvalue weighted by Crippen LogP contribution is 2.19. The highest BCUT2D eigenvalue weighted by molar-refractivity contribution is 6.62. The minimum atomic E-state index is -0.957. The van der Waals surface area contributed by atoms with E-state index in [1.807, 2.05) is 12.1 Å². The van der Waals surface area contributed by atoms with Crippen LogP contribution < -0.4 is 10.2 Å². The molecule has 1 aromatic rings. The van der Waals surface area contributed by atoms with Crippen LogP contribution in [0.2, 0.25) is 0 Å². The first-order valence-corrected chi connectivity index (χ1v) is 5.76. The van der Waals surface area contributed by atoms with E-state index in [0.29, 0.717) is 17.8 Å². The summed E-state index contributed by atoms with van der Waals surface area (Å²) in [6.45, 7) is 2.15. The second-order valence-electron chi connectivity index (χ2n) is 4.20. The molecule has 0 aliphatic carbocycles. The van der Waals surface area contributed by atoms with Gasteiger partial charge < -0.3 is 19.2 Å². The predicted molar refractivity (Wildman–Crippen MR) is 65.6 cm³/mol. The summed E-state index contributed by atoms with van der Waals surface area (Å²) in [5.41, 5.74) is 1.56. The second kappa shape index (κ2) is 5.41. The van der Waals surface area contributed by atoms with Crippen molar-refractivity contribution >= 4 is 18.6 Å². The molecule has 1 N–H and O–H groups in total. The van der Waals surface area contributed by atoms with Gasteiger partial charge in [-0.3, -0.25) is 4.79 Å². The van der Waals surface area contributed by atoms with Crippen LogP contribution in [-0.4, -0.2) is 31.3 Å². The molecule has 0 fully saturated rings. The lowest BCUT2D eigenvalue weighted by Crippen LogP contribution is -2.31. The number of hydrogen-bond donors (Lipinski definition) is 1. The number of ether oxygens (including phenoxy) is 2. The lowest BCUT2D eigenvalue weighted by atomic mass is 9.79. The largest absolute Gasteiger partial charge is 0.495 e. The number of carbonyl (C=O) groups excluding carboxylic acids is 1. The normalized spacial score (nSPS) is 15.2. The van der Waals surface area contributed by atoms with Crippen LogP contribution in [-0.2, 0) is 20.8 Å². The van der Waals surface area contributed by atoms with Crippen molar-refractivity contribution in [3.05, 3.63) is 23.8 Å². The van der Waals surface area contributed by atoms with Gasteiger partial charge in [0.25, 0.3) is 0 Å². The number of carbonyl (C=O) groups is 1. The maximum absolute atomic E-state index is 11.1. The maximum atomic E-state index is 11.1. The monoisotopic (exact) mass is 250 g/mol. The van der Waals surface area contributed by atoms with Gasteiger partial charge in [0.1, 0.15) is 11.9 Å². The van der Waals surface area contributed by atoms with Crippen LogP contribution in [0.25, 0.3) is 0 Å². The lowest BCUT2D eigenvalue weighted by Gasteiger charge is -2.16. The molecule has 5 nitrogen and oxygen atoms in total. The predicted octanol–water partition coefficient (Wildman–Crippen LogP) is 0.235. The van der Waals surface area contributed by atoms with Crippen molar-refractivity contribution < 1.29 is 23.9 Å². The fraction of sp³-hybridized carbons (Fsp3) is 0.417. The van der Waals surface area contributed by atoms with Gasteiger partial charge in [-0.05, 0) is 18.6 Å².